The summed E-state index contributed by atoms with van der Waals surface area (Å²) >= 11 is 0. The molecule has 0 unspecified atom stereocenters. The van der Waals surface area contributed by atoms with Crippen molar-refractivity contribution in [1.82, 2.24) is 10.9 Å². The van der Waals surface area contributed by atoms with Crippen LogP contribution >= 0.6 is 0 Å². The summed E-state index contributed by atoms with van der Waals surface area (Å²) in [5, 5.41) is 0. The topological polar surface area (TPSA) is 50.4 Å². The smallest absolute Gasteiger partial charge is 0.426 e. The van der Waals surface area contributed by atoms with Crippen molar-refractivity contribution in [3.05, 3.63) is 59.3 Å². The fourth-order valence-electron chi connectivity index (χ4n) is 1.83. The quantitative estimate of drug-likeness (QED) is 0.816. The number of amides is 1. The highest BCUT2D eigenvalue weighted by Gasteiger charge is 2.07. The zero-order valence-electron chi connectivity index (χ0n) is 11.0. The van der Waals surface area contributed by atoms with Crippen LogP contribution in [0.4, 0.5) is 4.79 Å². The Balaban J connectivity index is 1.75. The molecule has 0 radical (unpaired) electrons. The first-order valence-corrected chi connectivity index (χ1v) is 6.34. The van der Waals surface area contributed by atoms with Gasteiger partial charge >= 0.3 is 6.09 Å². The van der Waals surface area contributed by atoms with Crippen molar-refractivity contribution in [3.63, 3.8) is 0 Å². The van der Waals surface area contributed by atoms with Crippen molar-refractivity contribution >= 4 is 6.09 Å². The molecule has 1 amide bonds. The molecular formula is C15H18N2O2. The first kappa shape index (κ1) is 13.2. The SMILES string of the molecule is CC1=C(NNC(=O)OCc2ccccc2)CCC=C1. The Kier molecular flexibility index (Phi) is 4.61. The molecule has 1 aliphatic carbocycles. The number of benzene rings is 1. The minimum absolute atomic E-state index is 0.270. The molecule has 0 heterocycles. The third-order valence-electron chi connectivity index (χ3n) is 2.93. The van der Waals surface area contributed by atoms with Crippen molar-refractivity contribution in [1.29, 1.82) is 0 Å². The molecule has 0 fully saturated rings. The molecule has 2 rings (SSSR count). The van der Waals surface area contributed by atoms with Gasteiger partial charge in [0.25, 0.3) is 0 Å². The number of hydrogen-bond acceptors (Lipinski definition) is 3. The molecule has 0 saturated heterocycles. The van der Waals surface area contributed by atoms with Crippen LogP contribution in [-0.4, -0.2) is 6.09 Å². The highest BCUT2D eigenvalue weighted by molar-refractivity contribution is 5.66. The third-order valence-corrected chi connectivity index (χ3v) is 2.93. The maximum Gasteiger partial charge on any atom is 0.426 e. The number of nitrogens with one attached hydrogen (secondary N) is 2. The summed E-state index contributed by atoms with van der Waals surface area (Å²) in [7, 11) is 0. The van der Waals surface area contributed by atoms with E-state index in [1.807, 2.05) is 43.3 Å². The molecule has 1 aliphatic rings. The van der Waals surface area contributed by atoms with E-state index < -0.39 is 6.09 Å². The fourth-order valence-corrected chi connectivity index (χ4v) is 1.83. The zero-order valence-corrected chi connectivity index (χ0v) is 11.0. The molecule has 0 aliphatic heterocycles. The Morgan fingerprint density at radius 1 is 1.32 bits per heavy atom. The van der Waals surface area contributed by atoms with E-state index in [1.165, 1.54) is 0 Å². The summed E-state index contributed by atoms with van der Waals surface area (Å²) in [4.78, 5) is 11.5. The van der Waals surface area contributed by atoms with Crippen molar-refractivity contribution in [2.75, 3.05) is 0 Å². The number of rotatable bonds is 4. The van der Waals surface area contributed by atoms with Gasteiger partial charge in [0.2, 0.25) is 0 Å². The van der Waals surface area contributed by atoms with Crippen molar-refractivity contribution < 1.29 is 9.53 Å². The fraction of sp³-hybridized carbons (Fsp3) is 0.267. The second-order valence-electron chi connectivity index (χ2n) is 4.41. The summed E-state index contributed by atoms with van der Waals surface area (Å²) in [6.45, 7) is 2.28. The largest absolute Gasteiger partial charge is 0.443 e. The van der Waals surface area contributed by atoms with E-state index in [0.29, 0.717) is 0 Å². The van der Waals surface area contributed by atoms with Gasteiger partial charge in [-0.2, -0.15) is 0 Å². The van der Waals surface area contributed by atoms with Crippen LogP contribution < -0.4 is 10.9 Å². The Hall–Kier alpha value is -2.23. The van der Waals surface area contributed by atoms with Crippen LogP contribution in [0.5, 0.6) is 0 Å². The van der Waals surface area contributed by atoms with Crippen LogP contribution in [0, 0.1) is 0 Å². The van der Waals surface area contributed by atoms with Gasteiger partial charge < -0.3 is 4.74 Å². The lowest BCUT2D eigenvalue weighted by Gasteiger charge is -2.16. The molecule has 0 aromatic heterocycles. The van der Waals surface area contributed by atoms with Gasteiger partial charge in [-0.1, -0.05) is 42.5 Å². The van der Waals surface area contributed by atoms with Gasteiger partial charge in [-0.15, -0.1) is 0 Å². The number of allylic oxidation sites excluding steroid dienone is 4. The Morgan fingerprint density at radius 3 is 2.84 bits per heavy atom. The lowest BCUT2D eigenvalue weighted by atomic mass is 10.1. The van der Waals surface area contributed by atoms with Crippen LogP contribution in [-0.2, 0) is 11.3 Å². The van der Waals surface area contributed by atoms with Crippen LogP contribution in [0.2, 0.25) is 0 Å². The van der Waals surface area contributed by atoms with Crippen LogP contribution in [0.15, 0.2) is 53.8 Å². The summed E-state index contributed by atoms with van der Waals surface area (Å²) < 4.78 is 5.10. The Bertz CT molecular complexity index is 492. The molecule has 1 aromatic rings. The molecule has 0 atom stereocenters. The third kappa shape index (κ3) is 4.17. The number of hydrogen-bond donors (Lipinski definition) is 2. The zero-order chi connectivity index (χ0) is 13.5. The summed E-state index contributed by atoms with van der Waals surface area (Å²) in [5.74, 6) is 0. The van der Waals surface area contributed by atoms with Crippen molar-refractivity contribution in [2.45, 2.75) is 26.4 Å². The highest BCUT2D eigenvalue weighted by Crippen LogP contribution is 2.14. The molecule has 2 N–H and O–H groups in total. The average molecular weight is 258 g/mol. The lowest BCUT2D eigenvalue weighted by molar-refractivity contribution is 0.136. The van der Waals surface area contributed by atoms with Gasteiger partial charge in [0.1, 0.15) is 6.61 Å². The van der Waals surface area contributed by atoms with Gasteiger partial charge in [-0.3, -0.25) is 5.43 Å². The van der Waals surface area contributed by atoms with Gasteiger partial charge in [0, 0.05) is 5.70 Å². The van der Waals surface area contributed by atoms with E-state index in [9.17, 15) is 4.79 Å². The van der Waals surface area contributed by atoms with Gasteiger partial charge in [-0.05, 0) is 30.9 Å². The Morgan fingerprint density at radius 2 is 2.11 bits per heavy atom. The molecule has 4 heteroatoms. The number of hydrazine groups is 1. The first-order chi connectivity index (χ1) is 9.25. The van der Waals surface area contributed by atoms with Gasteiger partial charge in [0.15, 0.2) is 0 Å². The van der Waals surface area contributed by atoms with Gasteiger partial charge in [-0.25, -0.2) is 10.2 Å². The summed E-state index contributed by atoms with van der Waals surface area (Å²) in [5.41, 5.74) is 8.59. The maximum absolute atomic E-state index is 11.5. The molecule has 4 nitrogen and oxygen atoms in total. The van der Waals surface area contributed by atoms with E-state index >= 15 is 0 Å². The van der Waals surface area contributed by atoms with Crippen LogP contribution in [0.25, 0.3) is 0 Å². The maximum atomic E-state index is 11.5. The standard InChI is InChI=1S/C15H18N2O2/c1-12-7-5-6-10-14(12)16-17-15(18)19-11-13-8-3-2-4-9-13/h2-5,7-9,16H,6,10-11H2,1H3,(H,17,18). The van der Waals surface area contributed by atoms with Gasteiger partial charge in [0.05, 0.1) is 0 Å². The van der Waals surface area contributed by atoms with Crippen molar-refractivity contribution in [2.24, 2.45) is 0 Å². The number of carbonyl (C=O) groups is 1. The van der Waals surface area contributed by atoms with E-state index in [2.05, 4.69) is 16.9 Å². The number of ether oxygens (including phenoxy) is 1. The molecule has 0 spiro atoms. The molecule has 19 heavy (non-hydrogen) atoms. The monoisotopic (exact) mass is 258 g/mol. The minimum Gasteiger partial charge on any atom is -0.443 e. The van der Waals surface area contributed by atoms with E-state index in [1.54, 1.807) is 0 Å². The minimum atomic E-state index is -0.473. The highest BCUT2D eigenvalue weighted by atomic mass is 16.6. The molecule has 0 bridgehead atoms. The van der Waals surface area contributed by atoms with Crippen molar-refractivity contribution in [3.8, 4) is 0 Å². The molecular weight excluding hydrogens is 240 g/mol. The predicted molar refractivity (Wildman–Crippen MR) is 74.0 cm³/mol. The second-order valence-corrected chi connectivity index (χ2v) is 4.41. The molecule has 100 valence electrons. The summed E-state index contributed by atoms with van der Waals surface area (Å²) in [6, 6.07) is 9.59. The second kappa shape index (κ2) is 6.64. The summed E-state index contributed by atoms with van der Waals surface area (Å²) in [6.07, 6.45) is 5.58. The van der Waals surface area contributed by atoms with Crippen LogP contribution in [0.3, 0.4) is 0 Å². The Labute approximate surface area is 113 Å². The lowest BCUT2D eigenvalue weighted by Crippen LogP contribution is -2.37. The molecule has 1 aromatic carbocycles. The average Bonchev–Trinajstić information content (AvgIpc) is 2.45. The number of carbonyl (C=O) groups excluding carboxylic acids is 1. The van der Waals surface area contributed by atoms with E-state index in [0.717, 1.165) is 29.7 Å². The molecule has 0 saturated carbocycles. The first-order valence-electron chi connectivity index (χ1n) is 6.34. The van der Waals surface area contributed by atoms with Crippen LogP contribution in [0.1, 0.15) is 25.3 Å². The normalized spacial score (nSPS) is 14.2. The predicted octanol–water partition coefficient (Wildman–Crippen LogP) is 3.04. The van der Waals surface area contributed by atoms with E-state index in [4.69, 9.17) is 4.74 Å². The van der Waals surface area contributed by atoms with E-state index in [-0.39, 0.29) is 6.61 Å².